The molecule has 1 saturated heterocycles. The molecule has 0 bridgehead atoms. The van der Waals surface area contributed by atoms with E-state index in [1.165, 1.54) is 5.56 Å². The fourth-order valence-corrected chi connectivity index (χ4v) is 3.92. The second-order valence-corrected chi connectivity index (χ2v) is 7.55. The van der Waals surface area contributed by atoms with Crippen LogP contribution in [0.5, 0.6) is 0 Å². The molecule has 0 spiro atoms. The Bertz CT molecular complexity index is 674. The number of hydrogen-bond donors (Lipinski definition) is 1. The van der Waals surface area contributed by atoms with Crippen LogP contribution in [0.4, 0.5) is 4.79 Å². The van der Waals surface area contributed by atoms with Crippen LogP contribution in [0.25, 0.3) is 0 Å². The summed E-state index contributed by atoms with van der Waals surface area (Å²) in [6.07, 6.45) is 3.68. The zero-order chi connectivity index (χ0) is 16.7. The van der Waals surface area contributed by atoms with Crippen molar-refractivity contribution in [3.05, 3.63) is 34.3 Å². The van der Waals surface area contributed by atoms with Crippen LogP contribution >= 0.6 is 11.6 Å². The molecule has 0 radical (unpaired) electrons. The largest absolute Gasteiger partial charge is 0.339 e. The first-order valence-corrected chi connectivity index (χ1v) is 9.07. The van der Waals surface area contributed by atoms with Gasteiger partial charge in [-0.25, -0.2) is 4.79 Å². The van der Waals surface area contributed by atoms with E-state index < -0.39 is 0 Å². The molecule has 3 aliphatic rings. The summed E-state index contributed by atoms with van der Waals surface area (Å²) in [6, 6.07) is 6.30. The maximum absolute atomic E-state index is 12.4. The van der Waals surface area contributed by atoms with E-state index >= 15 is 0 Å². The highest BCUT2D eigenvalue weighted by atomic mass is 35.5. The van der Waals surface area contributed by atoms with Gasteiger partial charge in [0.15, 0.2) is 0 Å². The normalized spacial score (nSPS) is 23.4. The van der Waals surface area contributed by atoms with E-state index in [1.54, 1.807) is 0 Å². The molecule has 1 aliphatic carbocycles. The van der Waals surface area contributed by atoms with Gasteiger partial charge in [0.1, 0.15) is 0 Å². The topological polar surface area (TPSA) is 52.7 Å². The molecule has 128 valence electrons. The average molecular weight is 348 g/mol. The molecule has 4 rings (SSSR count). The lowest BCUT2D eigenvalue weighted by Gasteiger charge is -2.29. The van der Waals surface area contributed by atoms with Gasteiger partial charge in [-0.1, -0.05) is 17.7 Å². The van der Waals surface area contributed by atoms with Crippen molar-refractivity contribution in [1.82, 2.24) is 15.1 Å². The van der Waals surface area contributed by atoms with Crippen molar-refractivity contribution in [3.63, 3.8) is 0 Å². The number of nitrogens with one attached hydrogen (secondary N) is 1. The third-order valence-electron chi connectivity index (χ3n) is 5.24. The number of hydrogen-bond acceptors (Lipinski definition) is 2. The van der Waals surface area contributed by atoms with Crippen LogP contribution in [-0.4, -0.2) is 47.4 Å². The lowest BCUT2D eigenvalue weighted by atomic mass is 10.0. The quantitative estimate of drug-likeness (QED) is 0.913. The van der Waals surface area contributed by atoms with Gasteiger partial charge in [0.25, 0.3) is 0 Å². The molecule has 1 atom stereocenters. The maximum Gasteiger partial charge on any atom is 0.317 e. The highest BCUT2D eigenvalue weighted by molar-refractivity contribution is 6.30. The summed E-state index contributed by atoms with van der Waals surface area (Å²) < 4.78 is 0. The van der Waals surface area contributed by atoms with Gasteiger partial charge in [0.2, 0.25) is 5.91 Å². The Morgan fingerprint density at radius 3 is 2.92 bits per heavy atom. The molecule has 0 aromatic heterocycles. The highest BCUT2D eigenvalue weighted by Crippen LogP contribution is 2.32. The first-order chi connectivity index (χ1) is 11.6. The number of fused-ring (bicyclic) bond motifs is 1. The predicted molar refractivity (Wildman–Crippen MR) is 91.8 cm³/mol. The number of amides is 3. The minimum absolute atomic E-state index is 0.0343. The summed E-state index contributed by atoms with van der Waals surface area (Å²) >= 11 is 6.02. The molecule has 2 fully saturated rings. The van der Waals surface area contributed by atoms with Gasteiger partial charge in [0.05, 0.1) is 0 Å². The van der Waals surface area contributed by atoms with Gasteiger partial charge in [-0.3, -0.25) is 4.79 Å². The van der Waals surface area contributed by atoms with Crippen LogP contribution in [0.15, 0.2) is 18.2 Å². The maximum atomic E-state index is 12.4. The van der Waals surface area contributed by atoms with E-state index in [2.05, 4.69) is 5.32 Å². The Hall–Kier alpha value is -1.75. The molecule has 24 heavy (non-hydrogen) atoms. The predicted octanol–water partition coefficient (Wildman–Crippen LogP) is 2.42. The van der Waals surface area contributed by atoms with Crippen molar-refractivity contribution in [2.45, 2.75) is 38.3 Å². The summed E-state index contributed by atoms with van der Waals surface area (Å²) in [5.41, 5.74) is 2.39. The minimum Gasteiger partial charge on any atom is -0.339 e. The Labute approximate surface area is 146 Å². The highest BCUT2D eigenvalue weighted by Gasteiger charge is 2.39. The van der Waals surface area contributed by atoms with E-state index in [1.807, 2.05) is 28.0 Å². The summed E-state index contributed by atoms with van der Waals surface area (Å²) in [5.74, 6) is 0.499. The van der Waals surface area contributed by atoms with Crippen molar-refractivity contribution >= 4 is 23.5 Å². The van der Waals surface area contributed by atoms with Crippen LogP contribution in [0.3, 0.4) is 0 Å². The number of carbonyl (C=O) groups excluding carboxylic acids is 2. The van der Waals surface area contributed by atoms with Gasteiger partial charge in [-0.15, -0.1) is 0 Å². The molecule has 1 unspecified atom stereocenters. The number of benzene rings is 1. The molecular formula is C18H22ClN3O2. The number of likely N-dealkylation sites (tertiary alicyclic amines) is 1. The standard InChI is InChI=1S/C18H22ClN3O2/c19-15-2-1-14-11-21(6-5-13(14)8-15)18(24)20-9-12-7-17(23)22(10-12)16-3-4-16/h1-2,8,12,16H,3-7,9-11H2,(H,20,24). The zero-order valence-corrected chi connectivity index (χ0v) is 14.4. The third-order valence-corrected chi connectivity index (χ3v) is 5.47. The van der Waals surface area contributed by atoms with Crippen LogP contribution in [-0.2, 0) is 17.8 Å². The monoisotopic (exact) mass is 347 g/mol. The van der Waals surface area contributed by atoms with Gasteiger partial charge >= 0.3 is 6.03 Å². The number of rotatable bonds is 3. The average Bonchev–Trinajstić information content (AvgIpc) is 3.35. The van der Waals surface area contributed by atoms with Gasteiger partial charge in [-0.05, 0) is 42.5 Å². The van der Waals surface area contributed by atoms with E-state index in [0.29, 0.717) is 32.1 Å². The molecule has 6 heteroatoms. The fraction of sp³-hybridized carbons (Fsp3) is 0.556. The van der Waals surface area contributed by atoms with Crippen molar-refractivity contribution in [2.24, 2.45) is 5.92 Å². The van der Waals surface area contributed by atoms with Gasteiger partial charge in [0, 0.05) is 49.6 Å². The van der Waals surface area contributed by atoms with Crippen molar-refractivity contribution in [1.29, 1.82) is 0 Å². The second-order valence-electron chi connectivity index (χ2n) is 7.12. The molecule has 1 saturated carbocycles. The van der Waals surface area contributed by atoms with E-state index in [4.69, 9.17) is 11.6 Å². The number of carbonyl (C=O) groups is 2. The Morgan fingerprint density at radius 1 is 1.29 bits per heavy atom. The van der Waals surface area contributed by atoms with Gasteiger partial charge < -0.3 is 15.1 Å². The Morgan fingerprint density at radius 2 is 2.12 bits per heavy atom. The zero-order valence-electron chi connectivity index (χ0n) is 13.6. The molecule has 1 aromatic carbocycles. The smallest absolute Gasteiger partial charge is 0.317 e. The first-order valence-electron chi connectivity index (χ1n) is 8.69. The lowest BCUT2D eigenvalue weighted by molar-refractivity contribution is -0.128. The molecular weight excluding hydrogens is 326 g/mol. The van der Waals surface area contributed by atoms with Crippen LogP contribution in [0.1, 0.15) is 30.4 Å². The van der Waals surface area contributed by atoms with Gasteiger partial charge in [-0.2, -0.15) is 0 Å². The second kappa shape index (κ2) is 6.28. The first kappa shape index (κ1) is 15.8. The summed E-state index contributed by atoms with van der Waals surface area (Å²) in [4.78, 5) is 28.2. The Balaban J connectivity index is 1.29. The van der Waals surface area contributed by atoms with Crippen molar-refractivity contribution < 1.29 is 9.59 Å². The molecule has 5 nitrogen and oxygen atoms in total. The van der Waals surface area contributed by atoms with Crippen LogP contribution in [0.2, 0.25) is 5.02 Å². The van der Waals surface area contributed by atoms with Crippen molar-refractivity contribution in [3.8, 4) is 0 Å². The van der Waals surface area contributed by atoms with Crippen LogP contribution < -0.4 is 5.32 Å². The SMILES string of the molecule is O=C(NCC1CC(=O)N(C2CC2)C1)N1CCc2cc(Cl)ccc2C1. The van der Waals surface area contributed by atoms with E-state index in [0.717, 1.165) is 36.4 Å². The third kappa shape index (κ3) is 3.22. The number of urea groups is 1. The molecule has 1 aromatic rings. The Kier molecular flexibility index (Phi) is 4.12. The van der Waals surface area contributed by atoms with E-state index in [-0.39, 0.29) is 17.9 Å². The molecule has 2 aliphatic heterocycles. The molecule has 3 amide bonds. The van der Waals surface area contributed by atoms with Crippen LogP contribution in [0, 0.1) is 5.92 Å². The lowest BCUT2D eigenvalue weighted by Crippen LogP contribution is -2.44. The summed E-state index contributed by atoms with van der Waals surface area (Å²) in [5, 5.41) is 3.77. The minimum atomic E-state index is -0.0343. The molecule has 1 N–H and O–H groups in total. The van der Waals surface area contributed by atoms with E-state index in [9.17, 15) is 9.59 Å². The molecule has 2 heterocycles. The number of nitrogens with zero attached hydrogens (tertiary/aromatic N) is 2. The fourth-order valence-electron chi connectivity index (χ4n) is 3.72. The van der Waals surface area contributed by atoms with Crippen molar-refractivity contribution in [2.75, 3.05) is 19.6 Å². The summed E-state index contributed by atoms with van der Waals surface area (Å²) in [7, 11) is 0. The summed E-state index contributed by atoms with van der Waals surface area (Å²) in [6.45, 7) is 2.70. The number of halogens is 1.